The number of phosphoric ester groups is 2. The molecule has 0 spiro atoms. The topological polar surface area (TPSA) is 237 Å². The van der Waals surface area contributed by atoms with Crippen molar-refractivity contribution < 1.29 is 80.2 Å². The fraction of sp³-hybridized carbons (Fsp3) is 0.945. The standard InChI is InChI=1S/C73H142O17P2/c1-9-66(8)52-44-36-27-21-18-19-23-29-39-47-55-72(77)89-69(60-84-71(76)54-46-38-32-31-35-43-51-65(6)7)62-88-92(81,82)86-58-67(74)57-85-91(79,80)87-61-68(90-73(78)56-48-40-30-24-26-34-42-50-64(4)5)59-83-70(75)53-45-37-28-22-17-15-13-11-10-12-14-16-20-25-33-41-49-63(2)3/h63-69,74H,9-62H2,1-8H3,(H,79,80)(H,81,82)/t66?,67-,68-,69-/m1/s1. The molecule has 17 nitrogen and oxygen atoms in total. The third kappa shape index (κ3) is 65.4. The van der Waals surface area contributed by atoms with E-state index < -0.39 is 97.5 Å². The van der Waals surface area contributed by atoms with Gasteiger partial charge in [-0.05, 0) is 49.4 Å². The lowest BCUT2D eigenvalue weighted by Crippen LogP contribution is -2.30. The molecule has 546 valence electrons. The third-order valence-corrected chi connectivity index (χ3v) is 19.1. The molecule has 0 aliphatic heterocycles. The maximum Gasteiger partial charge on any atom is 0.472 e. The van der Waals surface area contributed by atoms with Crippen molar-refractivity contribution in [2.45, 2.75) is 382 Å². The van der Waals surface area contributed by atoms with Gasteiger partial charge < -0.3 is 33.8 Å². The van der Waals surface area contributed by atoms with Crippen LogP contribution >= 0.6 is 15.6 Å². The molecule has 0 saturated heterocycles. The molecule has 19 heteroatoms. The normalized spacial score (nSPS) is 14.5. The monoisotopic (exact) mass is 1350 g/mol. The number of aliphatic hydroxyl groups excluding tert-OH is 1. The highest BCUT2D eigenvalue weighted by Gasteiger charge is 2.30. The van der Waals surface area contributed by atoms with Crippen molar-refractivity contribution in [2.24, 2.45) is 23.7 Å². The van der Waals surface area contributed by atoms with E-state index in [-0.39, 0.29) is 25.7 Å². The molecule has 0 saturated carbocycles. The number of rotatable bonds is 70. The minimum Gasteiger partial charge on any atom is -0.462 e. The van der Waals surface area contributed by atoms with E-state index in [1.807, 2.05) is 0 Å². The van der Waals surface area contributed by atoms with Crippen molar-refractivity contribution in [2.75, 3.05) is 39.6 Å². The molecule has 0 aliphatic rings. The van der Waals surface area contributed by atoms with Crippen LogP contribution in [-0.4, -0.2) is 96.7 Å². The molecule has 0 aromatic carbocycles. The molecule has 0 fully saturated rings. The Kier molecular flexibility index (Phi) is 61.3. The van der Waals surface area contributed by atoms with Crippen LogP contribution in [0, 0.1) is 23.7 Å². The van der Waals surface area contributed by atoms with Gasteiger partial charge in [0.2, 0.25) is 0 Å². The number of hydrogen-bond acceptors (Lipinski definition) is 15. The fourth-order valence-electron chi connectivity index (χ4n) is 11.0. The first-order chi connectivity index (χ1) is 44.1. The number of ether oxygens (including phenoxy) is 4. The predicted molar refractivity (Wildman–Crippen MR) is 372 cm³/mol. The maximum atomic E-state index is 13.0. The Morgan fingerprint density at radius 2 is 0.522 bits per heavy atom. The van der Waals surface area contributed by atoms with Crippen molar-refractivity contribution in [3.8, 4) is 0 Å². The van der Waals surface area contributed by atoms with Gasteiger partial charge in [0.25, 0.3) is 0 Å². The Balaban J connectivity index is 5.17. The minimum absolute atomic E-state index is 0.103. The molecule has 0 heterocycles. The van der Waals surface area contributed by atoms with Crippen LogP contribution in [-0.2, 0) is 65.4 Å². The first-order valence-electron chi connectivity index (χ1n) is 37.7. The van der Waals surface area contributed by atoms with E-state index in [4.69, 9.17) is 37.0 Å². The van der Waals surface area contributed by atoms with Crippen molar-refractivity contribution in [3.05, 3.63) is 0 Å². The molecular formula is C73H142O17P2. The second kappa shape index (κ2) is 62.6. The summed E-state index contributed by atoms with van der Waals surface area (Å²) in [4.78, 5) is 72.6. The summed E-state index contributed by atoms with van der Waals surface area (Å²) in [6, 6.07) is 0. The highest BCUT2D eigenvalue weighted by molar-refractivity contribution is 7.47. The zero-order chi connectivity index (χ0) is 68.2. The van der Waals surface area contributed by atoms with E-state index in [9.17, 15) is 43.2 Å². The van der Waals surface area contributed by atoms with Gasteiger partial charge in [-0.25, -0.2) is 9.13 Å². The highest BCUT2D eigenvalue weighted by Crippen LogP contribution is 2.45. The lowest BCUT2D eigenvalue weighted by atomic mass is 9.99. The molecule has 0 rings (SSSR count). The van der Waals surface area contributed by atoms with Crippen molar-refractivity contribution in [1.82, 2.24) is 0 Å². The van der Waals surface area contributed by atoms with E-state index in [0.29, 0.717) is 37.5 Å². The number of carbonyl (C=O) groups is 4. The molecule has 3 unspecified atom stereocenters. The number of esters is 4. The maximum absolute atomic E-state index is 13.0. The summed E-state index contributed by atoms with van der Waals surface area (Å²) in [5.41, 5.74) is 0. The summed E-state index contributed by atoms with van der Waals surface area (Å²) in [6.07, 6.45) is 46.1. The Morgan fingerprint density at radius 1 is 0.304 bits per heavy atom. The number of hydrogen-bond donors (Lipinski definition) is 3. The van der Waals surface area contributed by atoms with Gasteiger partial charge in [-0.3, -0.25) is 37.3 Å². The lowest BCUT2D eigenvalue weighted by Gasteiger charge is -2.21. The number of unbranched alkanes of at least 4 members (excludes halogenated alkanes) is 35. The summed E-state index contributed by atoms with van der Waals surface area (Å²) in [7, 11) is -9.90. The quantitative estimate of drug-likeness (QED) is 0.0222. The van der Waals surface area contributed by atoms with Gasteiger partial charge in [0.15, 0.2) is 12.2 Å². The first kappa shape index (κ1) is 90.1. The average molecular weight is 1350 g/mol. The number of carbonyl (C=O) groups excluding carboxylic acids is 4. The zero-order valence-corrected chi connectivity index (χ0v) is 62.0. The number of aliphatic hydroxyl groups is 1. The smallest absolute Gasteiger partial charge is 0.462 e. The van der Waals surface area contributed by atoms with Gasteiger partial charge in [0, 0.05) is 25.7 Å². The summed E-state index contributed by atoms with van der Waals surface area (Å²) < 4.78 is 68.3. The van der Waals surface area contributed by atoms with E-state index >= 15 is 0 Å². The van der Waals surface area contributed by atoms with Crippen LogP contribution in [0.1, 0.15) is 364 Å². The van der Waals surface area contributed by atoms with Crippen LogP contribution < -0.4 is 0 Å². The Hall–Kier alpha value is -1.94. The molecule has 0 aromatic heterocycles. The zero-order valence-electron chi connectivity index (χ0n) is 60.2. The molecule has 0 radical (unpaired) electrons. The van der Waals surface area contributed by atoms with Crippen molar-refractivity contribution in [1.29, 1.82) is 0 Å². The lowest BCUT2D eigenvalue weighted by molar-refractivity contribution is -0.161. The number of phosphoric acid groups is 2. The van der Waals surface area contributed by atoms with Crippen LogP contribution in [0.5, 0.6) is 0 Å². The van der Waals surface area contributed by atoms with Crippen LogP contribution in [0.2, 0.25) is 0 Å². The predicted octanol–water partition coefficient (Wildman–Crippen LogP) is 20.9. The summed E-state index contributed by atoms with van der Waals surface area (Å²) in [5.74, 6) is 0.861. The molecule has 0 aliphatic carbocycles. The molecule has 3 N–H and O–H groups in total. The Labute approximate surface area is 562 Å². The molecule has 92 heavy (non-hydrogen) atoms. The third-order valence-electron chi connectivity index (χ3n) is 17.2. The molecule has 6 atom stereocenters. The highest BCUT2D eigenvalue weighted by atomic mass is 31.2. The SMILES string of the molecule is CCC(C)CCCCCCCCCCCCC(=O)O[C@H](COC(=O)CCCCCCCCC(C)C)COP(=O)(O)OC[C@H](O)COP(=O)(O)OC[C@@H](COC(=O)CCCCCCCCCCCCCCCCCCC(C)C)OC(=O)CCCCCCCCCC(C)C. The van der Waals surface area contributed by atoms with Gasteiger partial charge in [0.05, 0.1) is 26.4 Å². The Bertz CT molecular complexity index is 1820. The largest absolute Gasteiger partial charge is 0.472 e. The van der Waals surface area contributed by atoms with Crippen molar-refractivity contribution >= 4 is 39.5 Å². The average Bonchev–Trinajstić information content (AvgIpc) is 3.46. The van der Waals surface area contributed by atoms with E-state index in [2.05, 4.69) is 55.4 Å². The van der Waals surface area contributed by atoms with E-state index in [0.717, 1.165) is 108 Å². The van der Waals surface area contributed by atoms with Gasteiger partial charge in [-0.2, -0.15) is 0 Å². The van der Waals surface area contributed by atoms with Gasteiger partial charge >= 0.3 is 39.5 Å². The fourth-order valence-corrected chi connectivity index (χ4v) is 12.6. The van der Waals surface area contributed by atoms with Gasteiger partial charge in [0.1, 0.15) is 19.3 Å². The second-order valence-electron chi connectivity index (χ2n) is 28.0. The first-order valence-corrected chi connectivity index (χ1v) is 40.7. The molecular weight excluding hydrogens is 1210 g/mol. The van der Waals surface area contributed by atoms with Crippen LogP contribution in [0.4, 0.5) is 0 Å². The van der Waals surface area contributed by atoms with Crippen molar-refractivity contribution in [3.63, 3.8) is 0 Å². The molecule has 0 amide bonds. The van der Waals surface area contributed by atoms with Gasteiger partial charge in [-0.15, -0.1) is 0 Å². The van der Waals surface area contributed by atoms with E-state index in [1.165, 1.54) is 161 Å². The summed E-state index contributed by atoms with van der Waals surface area (Å²) in [5, 5.41) is 10.6. The van der Waals surface area contributed by atoms with Crippen LogP contribution in [0.3, 0.4) is 0 Å². The summed E-state index contributed by atoms with van der Waals surface area (Å²) in [6.45, 7) is 14.1. The summed E-state index contributed by atoms with van der Waals surface area (Å²) >= 11 is 0. The Morgan fingerprint density at radius 3 is 0.772 bits per heavy atom. The second-order valence-corrected chi connectivity index (χ2v) is 30.9. The molecule has 0 bridgehead atoms. The van der Waals surface area contributed by atoms with Crippen LogP contribution in [0.25, 0.3) is 0 Å². The van der Waals surface area contributed by atoms with Gasteiger partial charge in [-0.1, -0.05) is 312 Å². The van der Waals surface area contributed by atoms with E-state index in [1.54, 1.807) is 0 Å². The van der Waals surface area contributed by atoms with Crippen LogP contribution in [0.15, 0.2) is 0 Å². The molecule has 0 aromatic rings. The minimum atomic E-state index is -4.95.